The highest BCUT2D eigenvalue weighted by molar-refractivity contribution is 5.94. The predicted molar refractivity (Wildman–Crippen MR) is 121 cm³/mol. The Balaban J connectivity index is 1.47. The van der Waals surface area contributed by atoms with Crippen molar-refractivity contribution in [2.75, 3.05) is 32.8 Å². The largest absolute Gasteiger partial charge is 0.379 e. The number of nitrogens with one attached hydrogen (secondary N) is 2. The maximum atomic E-state index is 13.0. The molecule has 170 valence electrons. The third-order valence-corrected chi connectivity index (χ3v) is 5.27. The standard InChI is InChI=1S/C24H29FN4O3/c25-21-11-9-19(10-12-21)18-27-28-24(31)22(29-14-16-32-17-15-29)8-4-5-13-26-23(30)20-6-2-1-3-7-20/h1-3,6-7,9-12,18,22H,4-5,8,13-17H2,(H,26,30)(H,28,31)/b27-18+/t22-/m1/s1. The van der Waals surface area contributed by atoms with Crippen molar-refractivity contribution < 1.29 is 18.7 Å². The minimum absolute atomic E-state index is 0.0943. The summed E-state index contributed by atoms with van der Waals surface area (Å²) < 4.78 is 18.4. The van der Waals surface area contributed by atoms with Crippen LogP contribution in [0, 0.1) is 5.82 Å². The van der Waals surface area contributed by atoms with Gasteiger partial charge in [0.25, 0.3) is 11.8 Å². The number of carbonyl (C=O) groups excluding carboxylic acids is 2. The van der Waals surface area contributed by atoms with Gasteiger partial charge in [-0.2, -0.15) is 5.10 Å². The lowest BCUT2D eigenvalue weighted by Gasteiger charge is -2.33. The Bertz CT molecular complexity index is 884. The molecule has 0 radical (unpaired) electrons. The fraction of sp³-hybridized carbons (Fsp3) is 0.375. The smallest absolute Gasteiger partial charge is 0.257 e. The van der Waals surface area contributed by atoms with Crippen LogP contribution in [0.4, 0.5) is 4.39 Å². The van der Waals surface area contributed by atoms with Crippen LogP contribution in [0.2, 0.25) is 0 Å². The summed E-state index contributed by atoms with van der Waals surface area (Å²) in [5.74, 6) is -0.597. The summed E-state index contributed by atoms with van der Waals surface area (Å²) in [6.07, 6.45) is 3.70. The molecule has 3 rings (SSSR count). The van der Waals surface area contributed by atoms with Crippen LogP contribution in [0.15, 0.2) is 59.7 Å². The zero-order chi connectivity index (χ0) is 22.6. The average molecular weight is 441 g/mol. The molecule has 7 nitrogen and oxygen atoms in total. The fourth-order valence-corrected chi connectivity index (χ4v) is 3.52. The molecule has 1 saturated heterocycles. The van der Waals surface area contributed by atoms with E-state index in [2.05, 4.69) is 20.7 Å². The number of hydrazone groups is 1. The Hall–Kier alpha value is -3.10. The van der Waals surface area contributed by atoms with Gasteiger partial charge in [-0.05, 0) is 49.1 Å². The van der Waals surface area contributed by atoms with Crippen molar-refractivity contribution in [3.05, 3.63) is 71.5 Å². The van der Waals surface area contributed by atoms with Crippen molar-refractivity contribution >= 4 is 18.0 Å². The van der Waals surface area contributed by atoms with Gasteiger partial charge in [-0.25, -0.2) is 9.82 Å². The second kappa shape index (κ2) is 12.7. The molecule has 32 heavy (non-hydrogen) atoms. The van der Waals surface area contributed by atoms with Gasteiger partial charge in [0.05, 0.1) is 25.5 Å². The number of morpholine rings is 1. The normalized spacial score (nSPS) is 15.4. The summed E-state index contributed by atoms with van der Waals surface area (Å²) in [5, 5.41) is 6.94. The SMILES string of the molecule is O=C(NCCCC[C@H](C(=O)N/N=C/c1ccc(F)cc1)N1CCOCC1)c1ccccc1. The summed E-state index contributed by atoms with van der Waals surface area (Å²) >= 11 is 0. The number of benzene rings is 2. The number of carbonyl (C=O) groups is 2. The number of nitrogens with zero attached hydrogens (tertiary/aromatic N) is 2. The van der Waals surface area contributed by atoms with E-state index in [1.54, 1.807) is 24.3 Å². The molecular formula is C24H29FN4O3. The van der Waals surface area contributed by atoms with Crippen molar-refractivity contribution in [2.45, 2.75) is 25.3 Å². The predicted octanol–water partition coefficient (Wildman–Crippen LogP) is 2.58. The first kappa shape index (κ1) is 23.6. The highest BCUT2D eigenvalue weighted by atomic mass is 19.1. The van der Waals surface area contributed by atoms with Gasteiger partial charge >= 0.3 is 0 Å². The van der Waals surface area contributed by atoms with Gasteiger partial charge in [-0.1, -0.05) is 30.3 Å². The highest BCUT2D eigenvalue weighted by Gasteiger charge is 2.26. The monoisotopic (exact) mass is 440 g/mol. The second-order valence-corrected chi connectivity index (χ2v) is 7.57. The maximum absolute atomic E-state index is 13.0. The van der Waals surface area contributed by atoms with Crippen LogP contribution in [-0.4, -0.2) is 61.8 Å². The third kappa shape index (κ3) is 7.55. The first-order valence-corrected chi connectivity index (χ1v) is 10.9. The number of rotatable bonds is 10. The first-order chi connectivity index (χ1) is 15.6. The number of hydrogen-bond donors (Lipinski definition) is 2. The van der Waals surface area contributed by atoms with E-state index < -0.39 is 0 Å². The zero-order valence-corrected chi connectivity index (χ0v) is 18.0. The summed E-state index contributed by atoms with van der Waals surface area (Å²) in [4.78, 5) is 27.0. The van der Waals surface area contributed by atoms with Gasteiger partial charge < -0.3 is 10.1 Å². The van der Waals surface area contributed by atoms with E-state index in [4.69, 9.17) is 4.74 Å². The lowest BCUT2D eigenvalue weighted by atomic mass is 10.1. The summed E-state index contributed by atoms with van der Waals surface area (Å²) in [7, 11) is 0. The molecule has 2 aromatic carbocycles. The average Bonchev–Trinajstić information content (AvgIpc) is 2.83. The van der Waals surface area contributed by atoms with Crippen LogP contribution >= 0.6 is 0 Å². The van der Waals surface area contributed by atoms with Crippen LogP contribution < -0.4 is 10.7 Å². The quantitative estimate of drug-likeness (QED) is 0.338. The van der Waals surface area contributed by atoms with Gasteiger partial charge in [0, 0.05) is 25.2 Å². The lowest BCUT2D eigenvalue weighted by Crippen LogP contribution is -2.50. The number of halogens is 1. The van der Waals surface area contributed by atoms with E-state index in [1.807, 2.05) is 18.2 Å². The number of amides is 2. The number of ether oxygens (including phenoxy) is 1. The Morgan fingerprint density at radius 2 is 1.78 bits per heavy atom. The Morgan fingerprint density at radius 1 is 1.06 bits per heavy atom. The van der Waals surface area contributed by atoms with E-state index in [9.17, 15) is 14.0 Å². The van der Waals surface area contributed by atoms with Crippen molar-refractivity contribution in [1.82, 2.24) is 15.6 Å². The lowest BCUT2D eigenvalue weighted by molar-refractivity contribution is -0.128. The minimum Gasteiger partial charge on any atom is -0.379 e. The van der Waals surface area contributed by atoms with Gasteiger partial charge in [-0.3, -0.25) is 14.5 Å². The summed E-state index contributed by atoms with van der Waals surface area (Å²) in [5.41, 5.74) is 3.94. The zero-order valence-electron chi connectivity index (χ0n) is 18.0. The van der Waals surface area contributed by atoms with E-state index >= 15 is 0 Å². The topological polar surface area (TPSA) is 83.0 Å². The van der Waals surface area contributed by atoms with Crippen LogP contribution in [0.1, 0.15) is 35.2 Å². The second-order valence-electron chi connectivity index (χ2n) is 7.57. The molecule has 1 fully saturated rings. The van der Waals surface area contributed by atoms with Crippen LogP contribution in [0.5, 0.6) is 0 Å². The minimum atomic E-state index is -0.325. The van der Waals surface area contributed by atoms with Crippen molar-refractivity contribution in [2.24, 2.45) is 5.10 Å². The van der Waals surface area contributed by atoms with E-state index in [0.29, 0.717) is 50.4 Å². The molecular weight excluding hydrogens is 411 g/mol. The highest BCUT2D eigenvalue weighted by Crippen LogP contribution is 2.12. The number of unbranched alkanes of at least 4 members (excludes halogenated alkanes) is 1. The van der Waals surface area contributed by atoms with E-state index in [1.165, 1.54) is 18.3 Å². The van der Waals surface area contributed by atoms with Gasteiger partial charge in [0.2, 0.25) is 0 Å². The van der Waals surface area contributed by atoms with Crippen molar-refractivity contribution in [3.63, 3.8) is 0 Å². The molecule has 0 saturated carbocycles. The molecule has 2 amide bonds. The van der Waals surface area contributed by atoms with Crippen LogP contribution in [0.25, 0.3) is 0 Å². The fourth-order valence-electron chi connectivity index (χ4n) is 3.52. The molecule has 1 aliphatic heterocycles. The molecule has 0 aliphatic carbocycles. The summed E-state index contributed by atoms with van der Waals surface area (Å²) in [6.45, 7) is 3.11. The van der Waals surface area contributed by atoms with Gasteiger partial charge in [0.15, 0.2) is 0 Å². The maximum Gasteiger partial charge on any atom is 0.257 e. The molecule has 0 aromatic heterocycles. The van der Waals surface area contributed by atoms with Gasteiger partial charge in [-0.15, -0.1) is 0 Å². The van der Waals surface area contributed by atoms with Crippen molar-refractivity contribution in [3.8, 4) is 0 Å². The number of hydrogen-bond acceptors (Lipinski definition) is 5. The summed E-state index contributed by atoms with van der Waals surface area (Å²) in [6, 6.07) is 14.6. The van der Waals surface area contributed by atoms with E-state index in [-0.39, 0.29) is 23.7 Å². The molecule has 0 spiro atoms. The molecule has 1 aliphatic rings. The molecule has 2 N–H and O–H groups in total. The van der Waals surface area contributed by atoms with E-state index in [0.717, 1.165) is 12.8 Å². The molecule has 0 bridgehead atoms. The first-order valence-electron chi connectivity index (χ1n) is 10.9. The molecule has 1 heterocycles. The molecule has 2 aromatic rings. The Labute approximate surface area is 187 Å². The van der Waals surface area contributed by atoms with Crippen molar-refractivity contribution in [1.29, 1.82) is 0 Å². The molecule has 0 unspecified atom stereocenters. The molecule has 1 atom stereocenters. The van der Waals surface area contributed by atoms with Crippen LogP contribution in [-0.2, 0) is 9.53 Å². The van der Waals surface area contributed by atoms with Gasteiger partial charge in [0.1, 0.15) is 5.82 Å². The third-order valence-electron chi connectivity index (χ3n) is 5.27. The molecule has 8 heteroatoms. The Morgan fingerprint density at radius 3 is 2.50 bits per heavy atom. The Kier molecular flexibility index (Phi) is 9.34. The van der Waals surface area contributed by atoms with Crippen LogP contribution in [0.3, 0.4) is 0 Å².